The van der Waals surface area contributed by atoms with Crippen LogP contribution in [0.3, 0.4) is 0 Å². The van der Waals surface area contributed by atoms with Crippen molar-refractivity contribution in [1.29, 1.82) is 0 Å². The van der Waals surface area contributed by atoms with E-state index in [0.717, 1.165) is 37.3 Å². The molecule has 0 aliphatic rings. The first-order valence-electron chi connectivity index (χ1n) is 15.1. The molecule has 10 nitrogen and oxygen atoms in total. The minimum atomic E-state index is -4.41. The van der Waals surface area contributed by atoms with E-state index < -0.39 is 31.4 Å². The average molecular weight is 703 g/mol. The van der Waals surface area contributed by atoms with Crippen molar-refractivity contribution in [3.63, 3.8) is 0 Å². The summed E-state index contributed by atoms with van der Waals surface area (Å²) in [5.41, 5.74) is 1.96. The third-order valence-electron chi connectivity index (χ3n) is 7.45. The van der Waals surface area contributed by atoms with Gasteiger partial charge in [-0.15, -0.1) is 23.1 Å². The molecule has 4 aromatic carbocycles. The molecule has 0 fully saturated rings. The van der Waals surface area contributed by atoms with E-state index in [0.29, 0.717) is 25.1 Å². The van der Waals surface area contributed by atoms with E-state index in [4.69, 9.17) is 4.98 Å². The van der Waals surface area contributed by atoms with E-state index >= 15 is 0 Å². The first-order valence-corrected chi connectivity index (χ1v) is 18.4. The molecule has 1 aromatic heterocycles. The summed E-state index contributed by atoms with van der Waals surface area (Å²) in [7, 11) is -4.41. The van der Waals surface area contributed by atoms with E-state index in [-0.39, 0.29) is 22.4 Å². The molecular weight excluding hydrogens is 669 g/mol. The molecular formula is C35H34N4O6S3. The Morgan fingerprint density at radius 1 is 0.938 bits per heavy atom. The van der Waals surface area contributed by atoms with Crippen LogP contribution in [-0.4, -0.2) is 42.3 Å². The average Bonchev–Trinajstić information content (AvgIpc) is 3.47. The van der Waals surface area contributed by atoms with Crippen LogP contribution in [0, 0.1) is 15.5 Å². The van der Waals surface area contributed by atoms with Crippen molar-refractivity contribution in [3.8, 4) is 11.1 Å². The minimum absolute atomic E-state index is 0.103. The highest BCUT2D eigenvalue weighted by molar-refractivity contribution is 7.99. The summed E-state index contributed by atoms with van der Waals surface area (Å²) in [6.07, 6.45) is 1.02. The summed E-state index contributed by atoms with van der Waals surface area (Å²) in [4.78, 5) is 41.7. The number of hydrogen-bond donors (Lipinski definition) is 2. The topological polar surface area (TPSA) is 148 Å². The number of fused-ring (bicyclic) bond motifs is 1. The largest absolute Gasteiger partial charge is 0.379 e. The number of amides is 1. The van der Waals surface area contributed by atoms with Crippen LogP contribution in [0.25, 0.3) is 21.3 Å². The number of thioether (sulfide) groups is 1. The number of carbonyl (C=O) groups is 2. The number of Topliss-reactive ketones (excluding diaryl/α,β-unsaturated/α-hetero) is 1. The Labute approximate surface area is 287 Å². The first-order chi connectivity index (χ1) is 22.8. The SMILES string of the molecule is CC(C)(C)C(=O)CCc1nc2cc(-c3ccc(C(=O)NS(=O)(=O)c4ccc(NCCSc5ccccc5)c([N+](=O)[O-])c4)cc3)ccc2s1. The van der Waals surface area contributed by atoms with Gasteiger partial charge in [0.2, 0.25) is 0 Å². The van der Waals surface area contributed by atoms with Gasteiger partial charge in [-0.25, -0.2) is 18.1 Å². The predicted octanol–water partition coefficient (Wildman–Crippen LogP) is 7.74. The van der Waals surface area contributed by atoms with Gasteiger partial charge < -0.3 is 5.32 Å². The van der Waals surface area contributed by atoms with Gasteiger partial charge in [0.25, 0.3) is 21.6 Å². The van der Waals surface area contributed by atoms with Crippen LogP contribution in [-0.2, 0) is 21.2 Å². The van der Waals surface area contributed by atoms with Gasteiger partial charge in [0.15, 0.2) is 0 Å². The number of nitrogens with one attached hydrogen (secondary N) is 2. The Balaban J connectivity index is 1.22. The molecule has 0 atom stereocenters. The smallest absolute Gasteiger partial charge is 0.293 e. The molecule has 5 rings (SSSR count). The summed E-state index contributed by atoms with van der Waals surface area (Å²) < 4.78 is 29.1. The summed E-state index contributed by atoms with van der Waals surface area (Å²) in [5, 5.41) is 15.7. The van der Waals surface area contributed by atoms with Gasteiger partial charge in [0, 0.05) is 47.1 Å². The number of benzene rings is 4. The summed E-state index contributed by atoms with van der Waals surface area (Å²) in [6, 6.07) is 25.5. The van der Waals surface area contributed by atoms with Crippen LogP contribution in [0.4, 0.5) is 11.4 Å². The molecule has 0 bridgehead atoms. The van der Waals surface area contributed by atoms with Gasteiger partial charge in [-0.1, -0.05) is 57.2 Å². The highest BCUT2D eigenvalue weighted by atomic mass is 32.2. The molecule has 0 radical (unpaired) electrons. The molecule has 5 aromatic rings. The Morgan fingerprint density at radius 2 is 1.65 bits per heavy atom. The van der Waals surface area contributed by atoms with Crippen LogP contribution >= 0.6 is 23.1 Å². The molecule has 0 spiro atoms. The van der Waals surface area contributed by atoms with Gasteiger partial charge in [-0.3, -0.25) is 19.7 Å². The Bertz CT molecular complexity index is 2070. The van der Waals surface area contributed by atoms with E-state index in [1.165, 1.54) is 24.3 Å². The number of nitrogens with zero attached hydrogens (tertiary/aromatic N) is 2. The molecule has 0 unspecified atom stereocenters. The highest BCUT2D eigenvalue weighted by Gasteiger charge is 2.24. The highest BCUT2D eigenvalue weighted by Crippen LogP contribution is 2.31. The number of anilines is 1. The molecule has 1 heterocycles. The lowest BCUT2D eigenvalue weighted by Gasteiger charge is -2.15. The van der Waals surface area contributed by atoms with Crippen molar-refractivity contribution >= 4 is 66.4 Å². The normalized spacial score (nSPS) is 11.7. The monoisotopic (exact) mass is 702 g/mol. The Kier molecular flexibility index (Phi) is 10.6. The zero-order chi connectivity index (χ0) is 34.5. The Hall–Kier alpha value is -4.59. The first kappa shape index (κ1) is 34.7. The predicted molar refractivity (Wildman–Crippen MR) is 191 cm³/mol. The second-order valence-corrected chi connectivity index (χ2v) is 16.0. The van der Waals surface area contributed by atoms with Gasteiger partial charge >= 0.3 is 0 Å². The van der Waals surface area contributed by atoms with E-state index in [1.54, 1.807) is 35.2 Å². The van der Waals surface area contributed by atoms with E-state index in [9.17, 15) is 28.1 Å². The number of nitro groups is 1. The van der Waals surface area contributed by atoms with Crippen LogP contribution in [0.15, 0.2) is 101 Å². The number of aromatic nitrogens is 1. The zero-order valence-electron chi connectivity index (χ0n) is 26.6. The summed E-state index contributed by atoms with van der Waals surface area (Å²) in [6.45, 7) is 6.14. The lowest BCUT2D eigenvalue weighted by atomic mass is 9.88. The molecule has 2 N–H and O–H groups in total. The van der Waals surface area contributed by atoms with Gasteiger partial charge in [0.05, 0.1) is 25.0 Å². The van der Waals surface area contributed by atoms with Gasteiger partial charge in [-0.2, -0.15) is 0 Å². The fraction of sp³-hybridized carbons (Fsp3) is 0.229. The van der Waals surface area contributed by atoms with Crippen LogP contribution in [0.5, 0.6) is 0 Å². The van der Waals surface area contributed by atoms with Gasteiger partial charge in [-0.05, 0) is 59.7 Å². The summed E-state index contributed by atoms with van der Waals surface area (Å²) in [5.74, 6) is -0.0398. The van der Waals surface area contributed by atoms with Crippen molar-refractivity contribution in [1.82, 2.24) is 9.71 Å². The molecule has 0 saturated carbocycles. The number of nitro benzene ring substituents is 1. The molecule has 1 amide bonds. The number of hydrogen-bond acceptors (Lipinski definition) is 10. The molecule has 48 heavy (non-hydrogen) atoms. The van der Waals surface area contributed by atoms with E-state index in [1.807, 2.05) is 74.0 Å². The molecule has 0 aliphatic carbocycles. The van der Waals surface area contributed by atoms with Crippen molar-refractivity contribution in [2.45, 2.75) is 43.4 Å². The maximum Gasteiger partial charge on any atom is 0.293 e. The molecule has 0 saturated heterocycles. The second-order valence-electron chi connectivity index (χ2n) is 12.0. The van der Waals surface area contributed by atoms with Crippen molar-refractivity contribution in [2.75, 3.05) is 17.6 Å². The minimum Gasteiger partial charge on any atom is -0.379 e. The van der Waals surface area contributed by atoms with Crippen molar-refractivity contribution < 1.29 is 22.9 Å². The fourth-order valence-corrected chi connectivity index (χ4v) is 7.49. The Morgan fingerprint density at radius 3 is 2.33 bits per heavy atom. The maximum atomic E-state index is 13.1. The quantitative estimate of drug-likeness (QED) is 0.0544. The number of ketones is 1. The molecule has 0 aliphatic heterocycles. The number of sulfonamides is 1. The van der Waals surface area contributed by atoms with Crippen LogP contribution in [0.1, 0.15) is 42.6 Å². The number of rotatable bonds is 13. The number of carbonyl (C=O) groups excluding carboxylic acids is 2. The van der Waals surface area contributed by atoms with Crippen LogP contribution in [0.2, 0.25) is 0 Å². The molecule has 248 valence electrons. The van der Waals surface area contributed by atoms with Crippen LogP contribution < -0.4 is 10.0 Å². The number of thiazole rings is 1. The number of aryl methyl sites for hydroxylation is 1. The van der Waals surface area contributed by atoms with Gasteiger partial charge in [0.1, 0.15) is 11.5 Å². The van der Waals surface area contributed by atoms with Crippen molar-refractivity contribution in [2.24, 2.45) is 5.41 Å². The van der Waals surface area contributed by atoms with E-state index in [2.05, 4.69) is 5.32 Å². The zero-order valence-corrected chi connectivity index (χ0v) is 29.0. The third-order valence-corrected chi connectivity index (χ3v) is 10.9. The third kappa shape index (κ3) is 8.65. The second kappa shape index (κ2) is 14.7. The van der Waals surface area contributed by atoms with Crippen molar-refractivity contribution in [3.05, 3.63) is 112 Å². The lowest BCUT2D eigenvalue weighted by Crippen LogP contribution is -2.30. The summed E-state index contributed by atoms with van der Waals surface area (Å²) >= 11 is 3.14. The molecule has 13 heteroatoms. The maximum absolute atomic E-state index is 13.1. The fourth-order valence-electron chi connectivity index (χ4n) is 4.76. The lowest BCUT2D eigenvalue weighted by molar-refractivity contribution is -0.384. The standard InChI is InChI=1S/C35H34N4O6S3/c1-35(2,3)32(40)17-18-33-37-29-21-25(13-16-31(29)47-33)23-9-11-24(12-10-23)34(41)38-48(44,45)27-14-15-28(30(22-27)39(42)43)36-19-20-46-26-7-5-4-6-8-26/h4-16,21-22,36H,17-20H2,1-3H3,(H,38,41).